The molecular weight excluding hydrogens is 544 g/mol. The molecule has 1 fully saturated rings. The van der Waals surface area contributed by atoms with E-state index in [1.54, 1.807) is 29.3 Å². The summed E-state index contributed by atoms with van der Waals surface area (Å²) in [5.41, 5.74) is 1.86. The summed E-state index contributed by atoms with van der Waals surface area (Å²) in [4.78, 5) is 45.5. The fourth-order valence-electron chi connectivity index (χ4n) is 4.67. The van der Waals surface area contributed by atoms with Gasteiger partial charge in [-0.2, -0.15) is 0 Å². The number of hydrogen-bond acceptors (Lipinski definition) is 8. The number of piperazine rings is 1. The van der Waals surface area contributed by atoms with Crippen molar-refractivity contribution >= 4 is 46.6 Å². The van der Waals surface area contributed by atoms with Crippen LogP contribution < -0.4 is 10.1 Å². The quantitative estimate of drug-likeness (QED) is 0.342. The maximum Gasteiger partial charge on any atom is 0.326 e. The van der Waals surface area contributed by atoms with Crippen LogP contribution in [0, 0.1) is 10.1 Å². The number of carbonyl (C=O) groups is 2. The Balaban J connectivity index is 1.70. The maximum absolute atomic E-state index is 14.2. The Morgan fingerprint density at radius 3 is 2.64 bits per heavy atom. The Kier molecular flexibility index (Phi) is 7.49. The first-order valence-electron chi connectivity index (χ1n) is 12.3. The predicted molar refractivity (Wildman–Crippen MR) is 146 cm³/mol. The number of carbonyl (C=O) groups excluding carboxylic acids is 2. The van der Waals surface area contributed by atoms with Crippen molar-refractivity contribution < 1.29 is 19.2 Å². The molecule has 11 nitrogen and oxygen atoms in total. The summed E-state index contributed by atoms with van der Waals surface area (Å²) in [5.74, 6) is 0.258. The van der Waals surface area contributed by atoms with Crippen LogP contribution in [0.1, 0.15) is 42.6 Å². The van der Waals surface area contributed by atoms with Gasteiger partial charge in [0, 0.05) is 41.3 Å². The van der Waals surface area contributed by atoms with Gasteiger partial charge in [-0.25, -0.2) is 9.17 Å². The average molecular weight is 569 g/mol. The number of amidine groups is 1. The predicted octanol–water partition coefficient (Wildman–Crippen LogP) is 4.59. The van der Waals surface area contributed by atoms with Crippen LogP contribution in [0.25, 0.3) is 0 Å². The lowest BCUT2D eigenvalue weighted by atomic mass is 9.96. The highest BCUT2D eigenvalue weighted by Crippen LogP contribution is 2.45. The van der Waals surface area contributed by atoms with Crippen LogP contribution in [0.15, 0.2) is 59.0 Å². The molecule has 0 bridgehead atoms. The molecule has 5 rings (SSSR count). The summed E-state index contributed by atoms with van der Waals surface area (Å²) in [6.07, 6.45) is 1.40. The lowest BCUT2D eigenvalue weighted by molar-refractivity contribution is -0.384. The summed E-state index contributed by atoms with van der Waals surface area (Å²) >= 11 is 7.41. The number of amides is 3. The van der Waals surface area contributed by atoms with Crippen molar-refractivity contribution in [2.75, 3.05) is 19.6 Å². The standard InChI is InChI=1S/C26H25ClN6O5S/c1-15(2)38-21-11-19(33(36)37)7-8-20(21)25-30-23(16-3-5-18(27)6-4-16)24(17-12-29-39-14-17)32(25)26(35)31-10-9-28-22(34)13-31/h3-8,11-12,14-15,23-24H,9-10,13H2,1-2H3,(H,28,34). The number of non-ortho nitro benzene ring substituents is 1. The largest absolute Gasteiger partial charge is 0.490 e. The highest BCUT2D eigenvalue weighted by Gasteiger charge is 2.45. The number of ether oxygens (including phenoxy) is 1. The van der Waals surface area contributed by atoms with Gasteiger partial charge in [-0.1, -0.05) is 23.7 Å². The molecular formula is C26H25ClN6O5S. The molecule has 3 aromatic rings. The van der Waals surface area contributed by atoms with Crippen molar-refractivity contribution in [2.45, 2.75) is 32.0 Å². The SMILES string of the molecule is CC(C)Oc1cc([N+](=O)[O-])ccc1C1=NC(c2ccc(Cl)cc2)C(c2cnsc2)N1C(=O)N1CCNC(=O)C1. The van der Waals surface area contributed by atoms with Crippen molar-refractivity contribution in [3.63, 3.8) is 0 Å². The molecule has 0 saturated carbocycles. The zero-order valence-corrected chi connectivity index (χ0v) is 22.7. The Bertz CT molecular complexity index is 1430. The Morgan fingerprint density at radius 2 is 2.00 bits per heavy atom. The van der Waals surface area contributed by atoms with E-state index in [-0.39, 0.29) is 35.8 Å². The van der Waals surface area contributed by atoms with Crippen LogP contribution in [-0.4, -0.2) is 62.6 Å². The second-order valence-electron chi connectivity index (χ2n) is 9.38. The lowest BCUT2D eigenvalue weighted by Gasteiger charge is -2.35. The molecule has 2 aliphatic heterocycles. The van der Waals surface area contributed by atoms with Crippen molar-refractivity contribution in [1.82, 2.24) is 19.5 Å². The average Bonchev–Trinajstić information content (AvgIpc) is 3.56. The number of nitrogens with zero attached hydrogens (tertiary/aromatic N) is 5. The highest BCUT2D eigenvalue weighted by atomic mass is 35.5. The number of halogens is 1. The van der Waals surface area contributed by atoms with E-state index >= 15 is 0 Å². The minimum absolute atomic E-state index is 0.0988. The fourth-order valence-corrected chi connectivity index (χ4v) is 5.36. The van der Waals surface area contributed by atoms with Gasteiger partial charge in [0.15, 0.2) is 0 Å². The molecule has 3 heterocycles. The first-order valence-corrected chi connectivity index (χ1v) is 13.5. The van der Waals surface area contributed by atoms with Gasteiger partial charge >= 0.3 is 6.03 Å². The molecule has 2 atom stereocenters. The fraction of sp³-hybridized carbons (Fsp3) is 0.308. The van der Waals surface area contributed by atoms with Crippen LogP contribution in [0.5, 0.6) is 5.75 Å². The van der Waals surface area contributed by atoms with E-state index in [9.17, 15) is 19.7 Å². The van der Waals surface area contributed by atoms with Crippen LogP contribution in [0.4, 0.5) is 10.5 Å². The number of nitrogens with one attached hydrogen (secondary N) is 1. The molecule has 0 spiro atoms. The zero-order valence-electron chi connectivity index (χ0n) is 21.1. The minimum atomic E-state index is -0.598. The van der Waals surface area contributed by atoms with Gasteiger partial charge in [0.05, 0.1) is 28.7 Å². The molecule has 39 heavy (non-hydrogen) atoms. The van der Waals surface area contributed by atoms with Crippen molar-refractivity contribution in [3.8, 4) is 5.75 Å². The van der Waals surface area contributed by atoms with Gasteiger partial charge < -0.3 is 15.0 Å². The second kappa shape index (κ2) is 11.0. The summed E-state index contributed by atoms with van der Waals surface area (Å²) in [7, 11) is 0. The Hall–Kier alpha value is -4.03. The minimum Gasteiger partial charge on any atom is -0.490 e. The van der Waals surface area contributed by atoms with E-state index in [1.807, 2.05) is 31.4 Å². The van der Waals surface area contributed by atoms with Crippen LogP contribution in [0.2, 0.25) is 5.02 Å². The molecule has 0 radical (unpaired) electrons. The molecule has 2 aromatic carbocycles. The maximum atomic E-state index is 14.2. The molecule has 0 aliphatic carbocycles. The number of urea groups is 1. The van der Waals surface area contributed by atoms with E-state index in [4.69, 9.17) is 21.3 Å². The number of nitro groups is 1. The van der Waals surface area contributed by atoms with E-state index in [1.165, 1.54) is 28.6 Å². The molecule has 1 aromatic heterocycles. The summed E-state index contributed by atoms with van der Waals surface area (Å²) in [6.45, 7) is 4.17. The first-order chi connectivity index (χ1) is 18.7. The summed E-state index contributed by atoms with van der Waals surface area (Å²) < 4.78 is 10.3. The normalized spacial score (nSPS) is 19.2. The molecule has 2 aliphatic rings. The molecule has 3 amide bonds. The van der Waals surface area contributed by atoms with Gasteiger partial charge in [-0.05, 0) is 49.1 Å². The monoisotopic (exact) mass is 568 g/mol. The van der Waals surface area contributed by atoms with Gasteiger partial charge in [0.1, 0.15) is 24.2 Å². The number of aliphatic imine (C=N–C) groups is 1. The first kappa shape index (κ1) is 26.6. The van der Waals surface area contributed by atoms with Crippen LogP contribution in [-0.2, 0) is 4.79 Å². The molecule has 2 unspecified atom stereocenters. The van der Waals surface area contributed by atoms with Gasteiger partial charge in [-0.3, -0.25) is 24.8 Å². The topological polar surface area (TPSA) is 130 Å². The van der Waals surface area contributed by atoms with E-state index < -0.39 is 23.0 Å². The third-order valence-electron chi connectivity index (χ3n) is 6.37. The van der Waals surface area contributed by atoms with Crippen molar-refractivity contribution in [1.29, 1.82) is 0 Å². The number of nitro benzene ring substituents is 1. The highest BCUT2D eigenvalue weighted by molar-refractivity contribution is 7.03. The molecule has 202 valence electrons. The van der Waals surface area contributed by atoms with Crippen molar-refractivity contribution in [3.05, 3.63) is 85.9 Å². The molecule has 1 N–H and O–H groups in total. The second-order valence-corrected chi connectivity index (χ2v) is 10.5. The van der Waals surface area contributed by atoms with E-state index in [0.29, 0.717) is 23.7 Å². The number of rotatable bonds is 6. The van der Waals surface area contributed by atoms with E-state index in [0.717, 1.165) is 11.1 Å². The zero-order chi connectivity index (χ0) is 27.7. The third kappa shape index (κ3) is 5.43. The van der Waals surface area contributed by atoms with Gasteiger partial charge in [0.25, 0.3) is 5.69 Å². The van der Waals surface area contributed by atoms with Crippen LogP contribution >= 0.6 is 23.1 Å². The number of hydrogen-bond donors (Lipinski definition) is 1. The third-order valence-corrected chi connectivity index (χ3v) is 7.22. The van der Waals surface area contributed by atoms with Gasteiger partial charge in [0.2, 0.25) is 5.91 Å². The van der Waals surface area contributed by atoms with Gasteiger partial charge in [-0.15, -0.1) is 0 Å². The van der Waals surface area contributed by atoms with Crippen LogP contribution in [0.3, 0.4) is 0 Å². The molecule has 1 saturated heterocycles. The Morgan fingerprint density at radius 1 is 1.23 bits per heavy atom. The Labute approximate surface area is 233 Å². The van der Waals surface area contributed by atoms with E-state index in [2.05, 4.69) is 9.69 Å². The lowest BCUT2D eigenvalue weighted by Crippen LogP contribution is -2.55. The summed E-state index contributed by atoms with van der Waals surface area (Å²) in [6, 6.07) is 9.91. The summed E-state index contributed by atoms with van der Waals surface area (Å²) in [5, 5.41) is 16.7. The molecule has 13 heteroatoms. The number of benzene rings is 2. The smallest absolute Gasteiger partial charge is 0.326 e. The number of aromatic nitrogens is 1. The van der Waals surface area contributed by atoms with Crippen molar-refractivity contribution in [2.24, 2.45) is 4.99 Å².